The van der Waals surface area contributed by atoms with E-state index < -0.39 is 0 Å². The van der Waals surface area contributed by atoms with E-state index in [1.807, 2.05) is 0 Å². The van der Waals surface area contributed by atoms with Gasteiger partial charge >= 0.3 is 0 Å². The van der Waals surface area contributed by atoms with Gasteiger partial charge in [-0.25, -0.2) is 0 Å². The Morgan fingerprint density at radius 3 is 2.13 bits per heavy atom. The van der Waals surface area contributed by atoms with Crippen LogP contribution in [0.1, 0.15) is 60.3 Å². The van der Waals surface area contributed by atoms with Gasteiger partial charge in [-0.2, -0.15) is 0 Å². The smallest absolute Gasteiger partial charge is 0.133 e. The number of carbonyl (C=O) groups excluding carboxylic acids is 1. The highest BCUT2D eigenvalue weighted by atomic mass is 16.1. The Balaban J connectivity index is 3.75. The van der Waals surface area contributed by atoms with Crippen molar-refractivity contribution in [2.45, 2.75) is 60.3 Å². The molecule has 0 saturated heterocycles. The first-order valence-corrected chi connectivity index (χ1v) is 6.09. The minimum absolute atomic E-state index is 0.405. The van der Waals surface area contributed by atoms with E-state index >= 15 is 0 Å². The third-order valence-corrected chi connectivity index (χ3v) is 2.37. The zero-order valence-corrected chi connectivity index (χ0v) is 11.0. The molecule has 0 amide bonds. The highest BCUT2D eigenvalue weighted by molar-refractivity contribution is 5.78. The fourth-order valence-electron chi connectivity index (χ4n) is 1.43. The van der Waals surface area contributed by atoms with Crippen molar-refractivity contribution in [3.8, 4) is 0 Å². The summed E-state index contributed by atoms with van der Waals surface area (Å²) in [4.78, 5) is 11.5. The molecule has 0 aromatic heterocycles. The molecule has 1 nitrogen and oxygen atoms in total. The normalized spacial score (nSPS) is 12.6. The maximum Gasteiger partial charge on any atom is 0.133 e. The molecule has 88 valence electrons. The molecule has 0 aromatic carbocycles. The van der Waals surface area contributed by atoms with Crippen LogP contribution in [0, 0.1) is 11.8 Å². The van der Waals surface area contributed by atoms with Crippen LogP contribution in [0.4, 0.5) is 0 Å². The quantitative estimate of drug-likeness (QED) is 0.570. The molecule has 0 fully saturated rings. The van der Waals surface area contributed by atoms with Crippen LogP contribution in [-0.4, -0.2) is 5.78 Å². The topological polar surface area (TPSA) is 17.1 Å². The van der Waals surface area contributed by atoms with Crippen molar-refractivity contribution in [2.24, 2.45) is 11.8 Å². The summed E-state index contributed by atoms with van der Waals surface area (Å²) >= 11 is 0. The van der Waals surface area contributed by atoms with Crippen LogP contribution >= 0.6 is 0 Å². The zero-order chi connectivity index (χ0) is 11.8. The number of ketones is 1. The van der Waals surface area contributed by atoms with E-state index in [-0.39, 0.29) is 0 Å². The van der Waals surface area contributed by atoms with Crippen molar-refractivity contribution in [3.63, 3.8) is 0 Å². The lowest BCUT2D eigenvalue weighted by atomic mass is 10.0. The van der Waals surface area contributed by atoms with Crippen molar-refractivity contribution in [3.05, 3.63) is 11.6 Å². The monoisotopic (exact) mass is 210 g/mol. The van der Waals surface area contributed by atoms with Crippen LogP contribution in [-0.2, 0) is 4.79 Å². The molecule has 0 aliphatic carbocycles. The third-order valence-electron chi connectivity index (χ3n) is 2.37. The predicted molar refractivity (Wildman–Crippen MR) is 66.9 cm³/mol. The Morgan fingerprint density at radius 2 is 1.67 bits per heavy atom. The lowest BCUT2D eigenvalue weighted by molar-refractivity contribution is -0.119. The molecule has 0 spiro atoms. The van der Waals surface area contributed by atoms with Gasteiger partial charge in [-0.05, 0) is 31.6 Å². The van der Waals surface area contributed by atoms with Crippen LogP contribution in [0.15, 0.2) is 11.6 Å². The zero-order valence-electron chi connectivity index (χ0n) is 11.0. The van der Waals surface area contributed by atoms with Gasteiger partial charge in [0.1, 0.15) is 5.78 Å². The Morgan fingerprint density at radius 1 is 1.07 bits per heavy atom. The predicted octanol–water partition coefficient (Wildman–Crippen LogP) is 4.37. The third kappa shape index (κ3) is 9.71. The van der Waals surface area contributed by atoms with Crippen LogP contribution in [0.3, 0.4) is 0 Å². The van der Waals surface area contributed by atoms with Gasteiger partial charge in [0.25, 0.3) is 0 Å². The van der Waals surface area contributed by atoms with E-state index in [1.54, 1.807) is 0 Å². The van der Waals surface area contributed by atoms with Crippen molar-refractivity contribution < 1.29 is 4.79 Å². The molecule has 0 aromatic rings. The highest BCUT2D eigenvalue weighted by Gasteiger charge is 2.04. The number of allylic oxidation sites excluding steroid dienone is 2. The largest absolute Gasteiger partial charge is 0.300 e. The summed E-state index contributed by atoms with van der Waals surface area (Å²) in [6, 6.07) is 0. The van der Waals surface area contributed by atoms with Crippen molar-refractivity contribution in [1.29, 1.82) is 0 Å². The van der Waals surface area contributed by atoms with E-state index in [1.165, 1.54) is 5.57 Å². The molecular weight excluding hydrogens is 184 g/mol. The molecular formula is C14H26O. The number of rotatable bonds is 7. The standard InChI is InChI=1S/C14H26O/c1-11(2)6-7-13(5)8-9-14(15)10-12(3)4/h7,11-12H,6,8-10H2,1-5H3/b13-7-. The number of hydrogen-bond acceptors (Lipinski definition) is 1. The maximum atomic E-state index is 11.5. The Bertz CT molecular complexity index is 211. The van der Waals surface area contributed by atoms with Gasteiger partial charge in [0.05, 0.1) is 0 Å². The Labute approximate surface area is 95.0 Å². The maximum absolute atomic E-state index is 11.5. The average Bonchev–Trinajstić information content (AvgIpc) is 2.10. The average molecular weight is 210 g/mol. The van der Waals surface area contributed by atoms with Gasteiger partial charge < -0.3 is 0 Å². The Hall–Kier alpha value is -0.590. The first-order chi connectivity index (χ1) is 6.91. The fraction of sp³-hybridized carbons (Fsp3) is 0.786. The molecule has 0 rings (SSSR count). The van der Waals surface area contributed by atoms with Crippen LogP contribution < -0.4 is 0 Å². The lowest BCUT2D eigenvalue weighted by Crippen LogP contribution is -2.02. The number of carbonyl (C=O) groups is 1. The molecule has 0 saturated carbocycles. The van der Waals surface area contributed by atoms with Crippen LogP contribution in [0.25, 0.3) is 0 Å². The molecule has 0 aliphatic heterocycles. The SMILES string of the molecule is C/C(=C/CC(C)C)CCC(=O)CC(C)C. The first-order valence-electron chi connectivity index (χ1n) is 6.09. The number of Topliss-reactive ketones (excluding diaryl/α,β-unsaturated/α-hetero) is 1. The van der Waals surface area contributed by atoms with Gasteiger partial charge in [0.2, 0.25) is 0 Å². The summed E-state index contributed by atoms with van der Waals surface area (Å²) in [6.45, 7) is 10.8. The second-order valence-electron chi connectivity index (χ2n) is 5.32. The van der Waals surface area contributed by atoms with Gasteiger partial charge in [0.15, 0.2) is 0 Å². The van der Waals surface area contributed by atoms with E-state index in [2.05, 4.69) is 40.7 Å². The van der Waals surface area contributed by atoms with Gasteiger partial charge in [-0.15, -0.1) is 0 Å². The van der Waals surface area contributed by atoms with Crippen molar-refractivity contribution >= 4 is 5.78 Å². The molecule has 0 heterocycles. The second-order valence-corrected chi connectivity index (χ2v) is 5.32. The van der Waals surface area contributed by atoms with Crippen LogP contribution in [0.2, 0.25) is 0 Å². The summed E-state index contributed by atoms with van der Waals surface area (Å²) in [5.74, 6) is 1.62. The summed E-state index contributed by atoms with van der Waals surface area (Å²) in [5.41, 5.74) is 1.36. The Kier molecular flexibility index (Phi) is 7.37. The first kappa shape index (κ1) is 14.4. The molecule has 0 radical (unpaired) electrons. The summed E-state index contributed by atoms with van der Waals surface area (Å²) in [6.07, 6.45) is 5.80. The van der Waals surface area contributed by atoms with E-state index in [0.29, 0.717) is 17.6 Å². The fourth-order valence-corrected chi connectivity index (χ4v) is 1.43. The highest BCUT2D eigenvalue weighted by Crippen LogP contribution is 2.11. The van der Waals surface area contributed by atoms with Gasteiger partial charge in [0, 0.05) is 12.8 Å². The van der Waals surface area contributed by atoms with Gasteiger partial charge in [-0.1, -0.05) is 39.3 Å². The minimum Gasteiger partial charge on any atom is -0.300 e. The molecule has 0 N–H and O–H groups in total. The van der Waals surface area contributed by atoms with Crippen LogP contribution in [0.5, 0.6) is 0 Å². The molecule has 1 heteroatoms. The molecule has 0 atom stereocenters. The van der Waals surface area contributed by atoms with Crippen molar-refractivity contribution in [1.82, 2.24) is 0 Å². The number of hydrogen-bond donors (Lipinski definition) is 0. The molecule has 0 bridgehead atoms. The molecule has 15 heavy (non-hydrogen) atoms. The van der Waals surface area contributed by atoms with E-state index in [9.17, 15) is 4.79 Å². The summed E-state index contributed by atoms with van der Waals surface area (Å²) in [5, 5.41) is 0. The summed E-state index contributed by atoms with van der Waals surface area (Å²) in [7, 11) is 0. The second kappa shape index (κ2) is 7.67. The minimum atomic E-state index is 0.405. The molecule has 0 unspecified atom stereocenters. The summed E-state index contributed by atoms with van der Waals surface area (Å²) < 4.78 is 0. The van der Waals surface area contributed by atoms with Gasteiger partial charge in [-0.3, -0.25) is 4.79 Å². The van der Waals surface area contributed by atoms with E-state index in [4.69, 9.17) is 0 Å². The van der Waals surface area contributed by atoms with Crippen molar-refractivity contribution in [2.75, 3.05) is 0 Å². The molecule has 0 aliphatic rings. The van der Waals surface area contributed by atoms with E-state index in [0.717, 1.165) is 25.7 Å². The lowest BCUT2D eigenvalue weighted by Gasteiger charge is -2.05.